The number of carboxylic acids is 6. The highest BCUT2D eigenvalue weighted by Gasteiger charge is 2.41. The van der Waals surface area contributed by atoms with Gasteiger partial charge in [0.25, 0.3) is 0 Å². The van der Waals surface area contributed by atoms with Gasteiger partial charge in [-0.15, -0.1) is 0 Å². The molecule has 210 valence electrons. The summed E-state index contributed by atoms with van der Waals surface area (Å²) in [5, 5.41) is 85.3. The molecule has 0 fully saturated rings. The minimum Gasteiger partial charge on any atom is -0.481 e. The third-order valence-corrected chi connectivity index (χ3v) is 4.40. The second-order valence-electron chi connectivity index (χ2n) is 7.84. The zero-order valence-corrected chi connectivity index (χ0v) is 19.7. The quantitative estimate of drug-likeness (QED) is 0.117. The predicted octanol–water partition coefficient (Wildman–Crippen LogP) is -1.33. The van der Waals surface area contributed by atoms with Gasteiger partial charge in [-0.2, -0.15) is 0 Å². The normalized spacial score (nSPS) is 12.5. The number of aliphatic hydroxyl groups excluding tert-OH is 2. The van der Waals surface area contributed by atoms with Gasteiger partial charge in [0.05, 0.1) is 31.8 Å². The molecule has 2 atom stereocenters. The highest BCUT2D eigenvalue weighted by molar-refractivity contribution is 5.88. The van der Waals surface area contributed by atoms with Crippen molar-refractivity contribution in [2.75, 3.05) is 6.61 Å². The van der Waals surface area contributed by atoms with E-state index in [1.807, 2.05) is 0 Å². The molecule has 2 unspecified atom stereocenters. The molecule has 16 nitrogen and oxygen atoms in total. The summed E-state index contributed by atoms with van der Waals surface area (Å²) in [6.07, 6.45) is -2.06. The van der Waals surface area contributed by atoms with Gasteiger partial charge in [-0.05, 0) is 25.7 Å². The molecule has 0 aliphatic heterocycles. The lowest BCUT2D eigenvalue weighted by molar-refractivity contribution is -0.170. The Morgan fingerprint density at radius 1 is 0.639 bits per heavy atom. The lowest BCUT2D eigenvalue weighted by Gasteiger charge is -2.18. The molecule has 36 heavy (non-hydrogen) atoms. The first kappa shape index (κ1) is 37.2. The van der Waals surface area contributed by atoms with Gasteiger partial charge in [-0.3, -0.25) is 19.2 Å². The summed E-state index contributed by atoms with van der Waals surface area (Å²) in [7, 11) is 0. The monoisotopic (exact) mass is 530 g/mol. The fourth-order valence-corrected chi connectivity index (χ4v) is 2.33. The highest BCUT2D eigenvalue weighted by Crippen LogP contribution is 2.16. The number of aliphatic carboxylic acids is 6. The summed E-state index contributed by atoms with van der Waals surface area (Å²) in [4.78, 5) is 61.0. The molecule has 0 bridgehead atoms. The molecular weight excluding hydrogens is 496 g/mol. The van der Waals surface area contributed by atoms with Crippen molar-refractivity contribution in [3.8, 4) is 0 Å². The van der Waals surface area contributed by atoms with E-state index in [4.69, 9.17) is 51.1 Å². The Hall–Kier alpha value is -3.34. The van der Waals surface area contributed by atoms with E-state index in [1.165, 1.54) is 0 Å². The van der Waals surface area contributed by atoms with Crippen LogP contribution in [0, 0.1) is 5.92 Å². The average Bonchev–Trinajstić information content (AvgIpc) is 2.66. The van der Waals surface area contributed by atoms with Crippen LogP contribution in [0.3, 0.4) is 0 Å². The van der Waals surface area contributed by atoms with E-state index >= 15 is 0 Å². The first-order valence-corrected chi connectivity index (χ1v) is 10.3. The smallest absolute Gasteiger partial charge is 0.336 e. The van der Waals surface area contributed by atoms with E-state index in [0.717, 1.165) is 19.3 Å². The topological polar surface area (TPSA) is 305 Å². The maximum Gasteiger partial charge on any atom is 0.336 e. The van der Waals surface area contributed by atoms with Crippen molar-refractivity contribution >= 4 is 35.8 Å². The van der Waals surface area contributed by atoms with Gasteiger partial charge in [-0.25, -0.2) is 9.59 Å². The zero-order valence-electron chi connectivity index (χ0n) is 19.7. The third kappa shape index (κ3) is 19.0. The van der Waals surface area contributed by atoms with Gasteiger partial charge in [0.2, 0.25) is 0 Å². The SMILES string of the molecule is CCC(CO)CCC(C)O.O=C(O)CC(O)(CC(=O)O)C(=O)O.O=C(O)CC(O)(CC(=O)O)C(=O)O. The second-order valence-corrected chi connectivity index (χ2v) is 7.84. The van der Waals surface area contributed by atoms with Crippen molar-refractivity contribution in [2.45, 2.75) is 76.1 Å². The Bertz CT molecular complexity index is 656. The Kier molecular flexibility index (Phi) is 18.6. The minimum atomic E-state index is -2.74. The molecule has 0 spiro atoms. The molecule has 0 aromatic heterocycles. The molecular formula is C20H34O16. The lowest BCUT2D eigenvalue weighted by Crippen LogP contribution is -2.42. The van der Waals surface area contributed by atoms with Gasteiger partial charge < -0.3 is 51.1 Å². The molecule has 0 aromatic carbocycles. The molecule has 0 saturated carbocycles. The summed E-state index contributed by atoms with van der Waals surface area (Å²) < 4.78 is 0. The largest absolute Gasteiger partial charge is 0.481 e. The van der Waals surface area contributed by atoms with Crippen molar-refractivity contribution in [1.29, 1.82) is 0 Å². The van der Waals surface area contributed by atoms with E-state index in [2.05, 4.69) is 6.92 Å². The van der Waals surface area contributed by atoms with Crippen LogP contribution in [0.25, 0.3) is 0 Å². The molecule has 0 aromatic rings. The van der Waals surface area contributed by atoms with Crippen molar-refractivity contribution < 1.29 is 79.8 Å². The summed E-state index contributed by atoms with van der Waals surface area (Å²) >= 11 is 0. The summed E-state index contributed by atoms with van der Waals surface area (Å²) in [6.45, 7) is 4.09. The van der Waals surface area contributed by atoms with Crippen LogP contribution in [0.15, 0.2) is 0 Å². The van der Waals surface area contributed by atoms with Gasteiger partial charge in [-0.1, -0.05) is 13.3 Å². The van der Waals surface area contributed by atoms with Crippen LogP contribution in [-0.4, -0.2) is 111 Å². The molecule has 10 N–H and O–H groups in total. The fraction of sp³-hybridized carbons (Fsp3) is 0.700. The number of rotatable bonds is 15. The molecule has 0 saturated heterocycles. The van der Waals surface area contributed by atoms with Gasteiger partial charge >= 0.3 is 35.8 Å². The van der Waals surface area contributed by atoms with Crippen LogP contribution < -0.4 is 0 Å². The Labute approximate surface area is 205 Å². The molecule has 0 aliphatic rings. The Balaban J connectivity index is -0.000000459. The molecule has 0 aliphatic carbocycles. The van der Waals surface area contributed by atoms with Crippen LogP contribution in [-0.2, 0) is 28.8 Å². The van der Waals surface area contributed by atoms with Crippen LogP contribution in [0.2, 0.25) is 0 Å². The van der Waals surface area contributed by atoms with Crippen molar-refractivity contribution in [3.63, 3.8) is 0 Å². The first-order valence-electron chi connectivity index (χ1n) is 10.3. The number of aliphatic hydroxyl groups is 4. The van der Waals surface area contributed by atoms with Crippen LogP contribution >= 0.6 is 0 Å². The maximum atomic E-state index is 10.3. The van der Waals surface area contributed by atoms with Gasteiger partial charge in [0.15, 0.2) is 11.2 Å². The fourth-order valence-electron chi connectivity index (χ4n) is 2.33. The van der Waals surface area contributed by atoms with E-state index in [0.29, 0.717) is 5.92 Å². The van der Waals surface area contributed by atoms with Crippen molar-refractivity contribution in [3.05, 3.63) is 0 Å². The van der Waals surface area contributed by atoms with Gasteiger partial charge in [0.1, 0.15) is 0 Å². The van der Waals surface area contributed by atoms with E-state index < -0.39 is 72.7 Å². The number of hydrogen-bond acceptors (Lipinski definition) is 10. The first-order chi connectivity index (χ1) is 16.3. The molecule has 0 radical (unpaired) electrons. The molecule has 16 heteroatoms. The summed E-state index contributed by atoms with van der Waals surface area (Å²) in [5.41, 5.74) is -5.48. The lowest BCUT2D eigenvalue weighted by atomic mass is 9.96. The van der Waals surface area contributed by atoms with E-state index in [9.17, 15) is 28.8 Å². The molecule has 0 heterocycles. The average molecular weight is 530 g/mol. The second kappa shape index (κ2) is 18.0. The highest BCUT2D eigenvalue weighted by atomic mass is 16.4. The van der Waals surface area contributed by atoms with Crippen LogP contribution in [0.5, 0.6) is 0 Å². The van der Waals surface area contributed by atoms with Crippen molar-refractivity contribution in [2.24, 2.45) is 5.92 Å². The minimum absolute atomic E-state index is 0.222. The predicted molar refractivity (Wildman–Crippen MR) is 116 cm³/mol. The summed E-state index contributed by atoms with van der Waals surface area (Å²) in [5.74, 6) is -9.65. The zero-order chi connectivity index (χ0) is 29.3. The molecule has 0 amide bonds. The maximum absolute atomic E-state index is 10.3. The summed E-state index contributed by atoms with van der Waals surface area (Å²) in [6, 6.07) is 0. The third-order valence-electron chi connectivity index (χ3n) is 4.40. The van der Waals surface area contributed by atoms with Crippen LogP contribution in [0.4, 0.5) is 0 Å². The number of hydrogen-bond donors (Lipinski definition) is 10. The number of carbonyl (C=O) groups is 6. The van der Waals surface area contributed by atoms with E-state index in [-0.39, 0.29) is 12.7 Å². The van der Waals surface area contributed by atoms with Crippen LogP contribution in [0.1, 0.15) is 58.8 Å². The van der Waals surface area contributed by atoms with E-state index in [1.54, 1.807) is 6.92 Å². The van der Waals surface area contributed by atoms with Crippen molar-refractivity contribution in [1.82, 2.24) is 0 Å². The Morgan fingerprint density at radius 2 is 0.917 bits per heavy atom. The molecule has 0 rings (SSSR count). The Morgan fingerprint density at radius 3 is 1.06 bits per heavy atom. The number of carboxylic acid groups (broad SMARTS) is 6. The standard InChI is InChI=1S/C8H18O2.2C6H8O7/c1-3-8(6-9)5-4-7(2)10;2*7-3(8)1-6(13,5(11)12)2-4(9)10/h7-10H,3-6H2,1-2H3;2*13H,1-2H2,(H,7,8)(H,9,10)(H,11,12). The van der Waals surface area contributed by atoms with Gasteiger partial charge in [0, 0.05) is 6.61 Å².